The number of para-hydroxylation sites is 1. The summed E-state index contributed by atoms with van der Waals surface area (Å²) in [5.41, 5.74) is 16.3. The Bertz CT molecular complexity index is 3490. The Morgan fingerprint density at radius 3 is 1.71 bits per heavy atom. The summed E-state index contributed by atoms with van der Waals surface area (Å²) >= 11 is 0. The number of amides is 2. The van der Waals surface area contributed by atoms with Crippen molar-refractivity contribution in [2.24, 2.45) is 32.1 Å². The molecule has 2 amide bonds. The van der Waals surface area contributed by atoms with E-state index in [1.54, 1.807) is 90.1 Å². The molecule has 4 aromatic heterocycles. The number of piperidine rings is 2. The van der Waals surface area contributed by atoms with Gasteiger partial charge in [0, 0.05) is 80.1 Å². The largest absolute Gasteiger partial charge is 0.492 e. The van der Waals surface area contributed by atoms with Crippen LogP contribution in [-0.4, -0.2) is 114 Å². The van der Waals surface area contributed by atoms with Crippen molar-refractivity contribution in [1.82, 2.24) is 34.1 Å². The molecule has 21 heteroatoms. The number of nitrogens with two attached hydrogens (primary N) is 2. The SMILES string of the molecule is NC1=NS(=O)(=O)Cc2cccc(OC[C@H]3CCCN(C(=O)c4ccnc(-n5ccc6ccccc65)c4)C3)c21.NC1=NS(=O)(=O)Cc2cccc(OC[C@H]3CCCN(C(=O)c4ccnc(-n5cccn5)c4)C3)c21. The molecule has 4 N–H and O–H groups in total. The van der Waals surface area contributed by atoms with Gasteiger partial charge in [-0.05, 0) is 96.8 Å². The first-order valence-electron chi connectivity index (χ1n) is 23.5. The molecule has 4 aliphatic rings. The molecule has 7 aromatic rings. The number of aromatic nitrogens is 5. The molecular weight excluding hydrogens is 959 g/mol. The minimum Gasteiger partial charge on any atom is -0.492 e. The van der Waals surface area contributed by atoms with E-state index in [1.807, 2.05) is 57.0 Å². The number of sulfonamides is 2. The van der Waals surface area contributed by atoms with Gasteiger partial charge in [0.05, 0.1) is 41.4 Å². The van der Waals surface area contributed by atoms with Crippen LogP contribution in [0.15, 0.2) is 137 Å². The smallest absolute Gasteiger partial charge is 0.259 e. The van der Waals surface area contributed by atoms with E-state index in [0.717, 1.165) is 36.6 Å². The maximum atomic E-state index is 13.5. The third kappa shape index (κ3) is 10.4. The highest BCUT2D eigenvalue weighted by Crippen LogP contribution is 2.32. The Balaban J connectivity index is 0.000000167. The number of carbonyl (C=O) groups is 2. The van der Waals surface area contributed by atoms with Gasteiger partial charge < -0.3 is 35.3 Å². The van der Waals surface area contributed by atoms with Gasteiger partial charge in [-0.15, -0.1) is 8.80 Å². The lowest BCUT2D eigenvalue weighted by atomic mass is 9.98. The third-order valence-corrected chi connectivity index (χ3v) is 15.3. The molecule has 2 saturated heterocycles. The van der Waals surface area contributed by atoms with Crippen molar-refractivity contribution in [3.63, 3.8) is 0 Å². The van der Waals surface area contributed by atoms with Gasteiger partial charge >= 0.3 is 0 Å². The molecule has 11 rings (SSSR count). The number of pyridine rings is 2. The van der Waals surface area contributed by atoms with Crippen LogP contribution in [0.25, 0.3) is 22.5 Å². The monoisotopic (exact) mass is 1010 g/mol. The van der Waals surface area contributed by atoms with E-state index in [-0.39, 0.29) is 46.8 Å². The first-order chi connectivity index (χ1) is 34.8. The van der Waals surface area contributed by atoms with Crippen LogP contribution >= 0.6 is 0 Å². The summed E-state index contributed by atoms with van der Waals surface area (Å²) in [7, 11) is -7.22. The lowest BCUT2D eigenvalue weighted by Crippen LogP contribution is -2.41. The summed E-state index contributed by atoms with van der Waals surface area (Å²) in [6.45, 7) is 3.25. The number of hydrogen-bond acceptors (Lipinski definition) is 13. The second-order valence-corrected chi connectivity index (χ2v) is 21.4. The van der Waals surface area contributed by atoms with Gasteiger partial charge in [0.2, 0.25) is 0 Å². The van der Waals surface area contributed by atoms with Crippen molar-refractivity contribution in [3.8, 4) is 23.1 Å². The maximum Gasteiger partial charge on any atom is 0.259 e. The number of fused-ring (bicyclic) bond motifs is 3. The number of carbonyl (C=O) groups excluding carboxylic acids is 2. The predicted octanol–water partition coefficient (Wildman–Crippen LogP) is 5.25. The maximum absolute atomic E-state index is 13.5. The molecule has 0 unspecified atom stereocenters. The molecular formula is C51H51N11O8S2. The summed E-state index contributed by atoms with van der Waals surface area (Å²) in [5, 5.41) is 5.28. The first-order valence-corrected chi connectivity index (χ1v) is 26.7. The summed E-state index contributed by atoms with van der Waals surface area (Å²) in [6.07, 6.45) is 12.3. The van der Waals surface area contributed by atoms with Crippen LogP contribution in [-0.2, 0) is 31.6 Å². The molecule has 2 fully saturated rings. The number of amidine groups is 2. The topological polar surface area (TPSA) is 253 Å². The molecule has 72 heavy (non-hydrogen) atoms. The molecule has 2 atom stereocenters. The van der Waals surface area contributed by atoms with Gasteiger partial charge in [-0.1, -0.05) is 42.5 Å². The number of benzene rings is 3. The Morgan fingerprint density at radius 2 is 1.15 bits per heavy atom. The van der Waals surface area contributed by atoms with Crippen LogP contribution in [0, 0.1) is 11.8 Å². The van der Waals surface area contributed by atoms with Crippen LogP contribution in [0.5, 0.6) is 11.5 Å². The number of hydrogen-bond donors (Lipinski definition) is 2. The first kappa shape index (κ1) is 47.8. The fourth-order valence-electron chi connectivity index (χ4n) is 9.66. The van der Waals surface area contributed by atoms with Crippen LogP contribution in [0.1, 0.15) is 68.7 Å². The molecule has 0 spiro atoms. The normalized spacial score (nSPS) is 18.9. The van der Waals surface area contributed by atoms with E-state index in [2.05, 4.69) is 23.9 Å². The lowest BCUT2D eigenvalue weighted by Gasteiger charge is -2.33. The summed E-state index contributed by atoms with van der Waals surface area (Å²) in [4.78, 5) is 39.1. The van der Waals surface area contributed by atoms with E-state index in [9.17, 15) is 26.4 Å². The Kier molecular flexibility index (Phi) is 13.3. The molecule has 4 aliphatic heterocycles. The molecule has 0 bridgehead atoms. The number of likely N-dealkylation sites (tertiary alicyclic amines) is 2. The van der Waals surface area contributed by atoms with Crippen molar-refractivity contribution < 1.29 is 35.9 Å². The van der Waals surface area contributed by atoms with Crippen LogP contribution in [0.2, 0.25) is 0 Å². The Hall–Kier alpha value is -7.91. The van der Waals surface area contributed by atoms with E-state index in [1.165, 1.54) is 0 Å². The highest BCUT2D eigenvalue weighted by Gasteiger charge is 2.30. The zero-order chi connectivity index (χ0) is 50.0. The molecule has 19 nitrogen and oxygen atoms in total. The van der Waals surface area contributed by atoms with Crippen molar-refractivity contribution in [1.29, 1.82) is 0 Å². The number of rotatable bonds is 10. The van der Waals surface area contributed by atoms with Gasteiger partial charge in [0.1, 0.15) is 29.0 Å². The van der Waals surface area contributed by atoms with E-state index in [0.29, 0.717) is 95.9 Å². The molecule has 0 aliphatic carbocycles. The van der Waals surface area contributed by atoms with Gasteiger partial charge in [-0.3, -0.25) is 9.59 Å². The van der Waals surface area contributed by atoms with Crippen LogP contribution in [0.3, 0.4) is 0 Å². The van der Waals surface area contributed by atoms with E-state index >= 15 is 0 Å². The Labute approximate surface area is 415 Å². The summed E-state index contributed by atoms with van der Waals surface area (Å²) < 4.78 is 70.8. The molecule has 0 radical (unpaired) electrons. The van der Waals surface area contributed by atoms with E-state index < -0.39 is 20.0 Å². The second kappa shape index (κ2) is 20.1. The molecule has 8 heterocycles. The third-order valence-electron chi connectivity index (χ3n) is 13.0. The lowest BCUT2D eigenvalue weighted by molar-refractivity contribution is 0.0626. The van der Waals surface area contributed by atoms with Crippen molar-refractivity contribution in [3.05, 3.63) is 161 Å². The average molecular weight is 1010 g/mol. The van der Waals surface area contributed by atoms with Crippen molar-refractivity contribution in [2.45, 2.75) is 37.2 Å². The number of nitrogens with zero attached hydrogens (tertiary/aromatic N) is 9. The highest BCUT2D eigenvalue weighted by molar-refractivity contribution is 7.89. The zero-order valence-corrected chi connectivity index (χ0v) is 40.7. The van der Waals surface area contributed by atoms with Crippen LogP contribution < -0.4 is 20.9 Å². The van der Waals surface area contributed by atoms with Crippen molar-refractivity contribution >= 4 is 54.4 Å². The van der Waals surface area contributed by atoms with Gasteiger partial charge in [-0.2, -0.15) is 5.10 Å². The van der Waals surface area contributed by atoms with Crippen LogP contribution in [0.4, 0.5) is 0 Å². The molecule has 370 valence electrons. The standard InChI is InChI=1S/C28H27N5O4S.C23H24N6O4S/c29-27-26-22(18-38(35,36)31-27)7-3-9-24(26)37-17-19-5-4-13-32(16-19)28(34)21-10-12-30-25(15-21)33-14-11-20-6-1-2-8-23(20)33;24-22-21-18(15-34(31,32)27-22)5-1-6-19(21)33-14-16-4-2-10-28(13-16)23(30)17-7-9-25-20(12-17)29-11-3-8-26-29/h1-3,6-12,14-15,19H,4-5,13,16-18H2,(H2,29,31);1,3,5-9,11-12,16H,2,4,10,13-15H2,(H2,24,27)/t19-;16-/m00/s1. The highest BCUT2D eigenvalue weighted by atomic mass is 32.2. The molecule has 0 saturated carbocycles. The second-order valence-electron chi connectivity index (χ2n) is 18.1. The zero-order valence-electron chi connectivity index (χ0n) is 39.0. The Morgan fingerprint density at radius 1 is 0.611 bits per heavy atom. The summed E-state index contributed by atoms with van der Waals surface area (Å²) in [6, 6.07) is 29.4. The minimum atomic E-state index is -3.61. The quantitative estimate of drug-likeness (QED) is 0.178. The average Bonchev–Trinajstić information content (AvgIpc) is 4.08. The van der Waals surface area contributed by atoms with Gasteiger partial charge in [0.25, 0.3) is 31.9 Å². The van der Waals surface area contributed by atoms with Gasteiger partial charge in [0.15, 0.2) is 5.82 Å². The predicted molar refractivity (Wildman–Crippen MR) is 270 cm³/mol. The van der Waals surface area contributed by atoms with Crippen molar-refractivity contribution in [2.75, 3.05) is 39.4 Å². The van der Waals surface area contributed by atoms with E-state index in [4.69, 9.17) is 20.9 Å². The fraction of sp³-hybridized carbons (Fsp3) is 0.275. The van der Waals surface area contributed by atoms with Gasteiger partial charge in [-0.25, -0.2) is 31.5 Å². The summed E-state index contributed by atoms with van der Waals surface area (Å²) in [5.74, 6) is 1.98. The molecule has 3 aromatic carbocycles. The fourth-order valence-corrected chi connectivity index (χ4v) is 11.8. The number of ether oxygens (including phenoxy) is 2. The minimum absolute atomic E-state index is 0.0338.